The van der Waals surface area contributed by atoms with Crippen LogP contribution in [0.5, 0.6) is 5.75 Å². The van der Waals surface area contributed by atoms with E-state index in [9.17, 15) is 18.0 Å². The molecule has 5 rings (SSSR count). The molecule has 6 nitrogen and oxygen atoms in total. The Hall–Kier alpha value is -3.33. The third-order valence-corrected chi connectivity index (χ3v) is 6.18. The molecule has 10 heteroatoms. The molecule has 3 aromatic rings. The van der Waals surface area contributed by atoms with Crippen molar-refractivity contribution in [3.63, 3.8) is 0 Å². The molecular weight excluding hydrogens is 457 g/mol. The Balaban J connectivity index is 1.61. The number of carbonyl (C=O) groups excluding carboxylic acids is 1. The van der Waals surface area contributed by atoms with E-state index in [2.05, 4.69) is 15.4 Å². The lowest BCUT2D eigenvalue weighted by Gasteiger charge is -2.35. The van der Waals surface area contributed by atoms with Crippen LogP contribution in [0.1, 0.15) is 41.8 Å². The zero-order valence-electron chi connectivity index (χ0n) is 17.4. The normalized spacial score (nSPS) is 20.2. The van der Waals surface area contributed by atoms with Crippen LogP contribution in [0.25, 0.3) is 0 Å². The van der Waals surface area contributed by atoms with Crippen LogP contribution in [0.2, 0.25) is 5.02 Å². The van der Waals surface area contributed by atoms with Crippen molar-refractivity contribution in [2.75, 3.05) is 12.4 Å². The first-order chi connectivity index (χ1) is 15.7. The minimum Gasteiger partial charge on any atom is -0.497 e. The Morgan fingerprint density at radius 2 is 1.88 bits per heavy atom. The van der Waals surface area contributed by atoms with Crippen molar-refractivity contribution in [1.29, 1.82) is 0 Å². The lowest BCUT2D eigenvalue weighted by Crippen LogP contribution is -2.33. The summed E-state index contributed by atoms with van der Waals surface area (Å²) in [6.45, 7) is 0. The number of halogens is 4. The van der Waals surface area contributed by atoms with E-state index in [1.807, 2.05) is 24.3 Å². The summed E-state index contributed by atoms with van der Waals surface area (Å²) in [5, 5.41) is 7.14. The topological polar surface area (TPSA) is 69.0 Å². The Morgan fingerprint density at radius 3 is 2.58 bits per heavy atom. The van der Waals surface area contributed by atoms with Crippen LogP contribution in [0.4, 0.5) is 19.1 Å². The number of hydrogen-bond acceptors (Lipinski definition) is 5. The van der Waals surface area contributed by atoms with Gasteiger partial charge < -0.3 is 10.1 Å². The number of Topliss-reactive ketones (excluding diaryl/α,β-unsaturated/α-hetero) is 1. The molecule has 2 heterocycles. The summed E-state index contributed by atoms with van der Waals surface area (Å²) in [5.41, 5.74) is 2.46. The van der Waals surface area contributed by atoms with Gasteiger partial charge in [0.15, 0.2) is 5.78 Å². The maximum atomic E-state index is 13.4. The van der Waals surface area contributed by atoms with Gasteiger partial charge in [-0.25, -0.2) is 4.68 Å². The molecule has 1 N–H and O–H groups in total. The van der Waals surface area contributed by atoms with Crippen LogP contribution in [-0.2, 0) is 11.0 Å². The number of alkyl halides is 3. The Bertz CT molecular complexity index is 1270. The molecule has 0 radical (unpaired) electrons. The molecule has 1 aliphatic carbocycles. The van der Waals surface area contributed by atoms with Crippen molar-refractivity contribution in [3.05, 3.63) is 81.8 Å². The summed E-state index contributed by atoms with van der Waals surface area (Å²) in [5.74, 6) is -0.960. The molecule has 2 aromatic carbocycles. The number of benzene rings is 2. The van der Waals surface area contributed by atoms with E-state index in [0.29, 0.717) is 34.0 Å². The maximum Gasteiger partial charge on any atom is 0.453 e. The average Bonchev–Trinajstić information content (AvgIpc) is 3.23. The van der Waals surface area contributed by atoms with Crippen LogP contribution >= 0.6 is 11.6 Å². The predicted octanol–water partition coefficient (Wildman–Crippen LogP) is 5.37. The van der Waals surface area contributed by atoms with Crippen molar-refractivity contribution in [1.82, 2.24) is 14.8 Å². The summed E-state index contributed by atoms with van der Waals surface area (Å²) >= 11 is 6.01. The van der Waals surface area contributed by atoms with E-state index in [1.165, 1.54) is 0 Å². The Morgan fingerprint density at radius 1 is 1.12 bits per heavy atom. The highest BCUT2D eigenvalue weighted by molar-refractivity contribution is 6.30. The largest absolute Gasteiger partial charge is 0.497 e. The van der Waals surface area contributed by atoms with Gasteiger partial charge in [-0.15, -0.1) is 5.10 Å². The quantitative estimate of drug-likeness (QED) is 0.552. The molecular formula is C23H18ClF3N4O2. The minimum atomic E-state index is -4.72. The summed E-state index contributed by atoms with van der Waals surface area (Å²) < 4.78 is 46.6. The van der Waals surface area contributed by atoms with Gasteiger partial charge in [0, 0.05) is 22.7 Å². The van der Waals surface area contributed by atoms with Crippen molar-refractivity contribution < 1.29 is 22.7 Å². The summed E-state index contributed by atoms with van der Waals surface area (Å²) in [6, 6.07) is 13.2. The number of ether oxygens (including phenoxy) is 1. The number of ketones is 1. The summed E-state index contributed by atoms with van der Waals surface area (Å²) in [7, 11) is 1.57. The van der Waals surface area contributed by atoms with E-state index in [-0.39, 0.29) is 24.1 Å². The van der Waals surface area contributed by atoms with Gasteiger partial charge in [-0.05, 0) is 47.7 Å². The number of aromatic nitrogens is 3. The monoisotopic (exact) mass is 474 g/mol. The molecule has 0 saturated heterocycles. The van der Waals surface area contributed by atoms with Crippen molar-refractivity contribution >= 4 is 23.3 Å². The molecule has 0 unspecified atom stereocenters. The van der Waals surface area contributed by atoms with E-state index in [0.717, 1.165) is 10.2 Å². The van der Waals surface area contributed by atoms with Crippen molar-refractivity contribution in [3.8, 4) is 5.75 Å². The second kappa shape index (κ2) is 7.91. The third kappa shape index (κ3) is 3.86. The SMILES string of the molecule is COc1cccc([C@H]2CC(=O)C3=C(C2)Nc2nc(C(F)(F)F)nn2[C@H]3c2ccc(Cl)cc2)c1. The minimum absolute atomic E-state index is 0.0554. The van der Waals surface area contributed by atoms with Crippen LogP contribution in [0.15, 0.2) is 59.8 Å². The molecule has 170 valence electrons. The lowest BCUT2D eigenvalue weighted by atomic mass is 9.78. The zero-order chi connectivity index (χ0) is 23.3. The van der Waals surface area contributed by atoms with Crippen molar-refractivity contribution in [2.24, 2.45) is 0 Å². The van der Waals surface area contributed by atoms with Crippen LogP contribution in [-0.4, -0.2) is 27.7 Å². The number of anilines is 1. The number of hydrogen-bond donors (Lipinski definition) is 1. The van der Waals surface area contributed by atoms with Gasteiger partial charge in [-0.1, -0.05) is 35.9 Å². The highest BCUT2D eigenvalue weighted by Crippen LogP contribution is 2.45. The van der Waals surface area contributed by atoms with Gasteiger partial charge in [-0.3, -0.25) is 4.79 Å². The van der Waals surface area contributed by atoms with Crippen LogP contribution in [0.3, 0.4) is 0 Å². The molecule has 2 atom stereocenters. The lowest BCUT2D eigenvalue weighted by molar-refractivity contribution is -0.145. The number of rotatable bonds is 3. The fraction of sp³-hybridized carbons (Fsp3) is 0.261. The van der Waals surface area contributed by atoms with E-state index < -0.39 is 18.0 Å². The van der Waals surface area contributed by atoms with Crippen LogP contribution in [0, 0.1) is 0 Å². The first-order valence-corrected chi connectivity index (χ1v) is 10.6. The molecule has 33 heavy (non-hydrogen) atoms. The maximum absolute atomic E-state index is 13.4. The van der Waals surface area contributed by atoms with Crippen molar-refractivity contribution in [2.45, 2.75) is 31.0 Å². The summed E-state index contributed by atoms with van der Waals surface area (Å²) in [6.07, 6.45) is -4.06. The smallest absolute Gasteiger partial charge is 0.453 e. The van der Waals surface area contributed by atoms with Gasteiger partial charge in [0.25, 0.3) is 5.82 Å². The zero-order valence-corrected chi connectivity index (χ0v) is 18.1. The average molecular weight is 475 g/mol. The second-order valence-electron chi connectivity index (χ2n) is 7.98. The molecule has 0 amide bonds. The van der Waals surface area contributed by atoms with E-state index in [4.69, 9.17) is 16.3 Å². The van der Waals surface area contributed by atoms with Gasteiger partial charge >= 0.3 is 6.18 Å². The van der Waals surface area contributed by atoms with Gasteiger partial charge in [-0.2, -0.15) is 18.2 Å². The fourth-order valence-electron chi connectivity index (χ4n) is 4.42. The highest BCUT2D eigenvalue weighted by atomic mass is 35.5. The molecule has 0 fully saturated rings. The van der Waals surface area contributed by atoms with Gasteiger partial charge in [0.2, 0.25) is 5.95 Å². The molecule has 0 bridgehead atoms. The Kier molecular flexibility index (Phi) is 5.16. The standard InChI is InChI=1S/C23H18ClF3N4O2/c1-33-16-4-2-3-13(9-16)14-10-17-19(18(32)11-14)20(12-5-7-15(24)8-6-12)31-22(28-17)29-21(30-31)23(25,26)27/h2-9,14,20H,10-11H2,1H3,(H,28,29,30)/t14-,20+/m1/s1. The van der Waals surface area contributed by atoms with Crippen LogP contribution < -0.4 is 10.1 Å². The number of fused-ring (bicyclic) bond motifs is 1. The number of nitrogens with one attached hydrogen (secondary N) is 1. The molecule has 1 aromatic heterocycles. The van der Waals surface area contributed by atoms with Gasteiger partial charge in [0.05, 0.1) is 7.11 Å². The molecule has 0 saturated carbocycles. The van der Waals surface area contributed by atoms with Gasteiger partial charge in [0.1, 0.15) is 11.8 Å². The number of nitrogens with zero attached hydrogens (tertiary/aromatic N) is 3. The number of allylic oxidation sites excluding steroid dienone is 2. The van der Waals surface area contributed by atoms with E-state index >= 15 is 0 Å². The second-order valence-corrected chi connectivity index (χ2v) is 8.41. The molecule has 2 aliphatic rings. The number of methoxy groups -OCH3 is 1. The first kappa shape index (κ1) is 21.5. The number of carbonyl (C=O) groups is 1. The fourth-order valence-corrected chi connectivity index (χ4v) is 4.54. The third-order valence-electron chi connectivity index (χ3n) is 5.92. The predicted molar refractivity (Wildman–Crippen MR) is 115 cm³/mol. The summed E-state index contributed by atoms with van der Waals surface area (Å²) in [4.78, 5) is 17.1. The Labute approximate surface area is 192 Å². The highest BCUT2D eigenvalue weighted by Gasteiger charge is 2.43. The molecule has 0 spiro atoms. The molecule has 1 aliphatic heterocycles. The first-order valence-electron chi connectivity index (χ1n) is 10.2. The van der Waals surface area contributed by atoms with E-state index in [1.54, 1.807) is 31.4 Å².